The van der Waals surface area contributed by atoms with Crippen LogP contribution in [0.5, 0.6) is 0 Å². The van der Waals surface area contributed by atoms with E-state index in [4.69, 9.17) is 4.32 Å². The summed E-state index contributed by atoms with van der Waals surface area (Å²) < 4.78 is 9.00. The van der Waals surface area contributed by atoms with Crippen molar-refractivity contribution in [1.82, 2.24) is 9.97 Å². The van der Waals surface area contributed by atoms with Crippen LogP contribution < -0.4 is 0 Å². The van der Waals surface area contributed by atoms with Crippen LogP contribution in [0.15, 0.2) is 73.3 Å². The number of nitrogens with one attached hydrogen (secondary N) is 2. The molecule has 0 saturated carbocycles. The molecule has 2 radical (unpaired) electrons. The van der Waals surface area contributed by atoms with E-state index >= 15 is 0 Å². The molecule has 2 heterocycles. The molecular weight excluding hydrogens is 250 g/mol. The predicted molar refractivity (Wildman–Crippen MR) is 83.5 cm³/mol. The molecule has 0 aliphatic heterocycles. The third-order valence-electron chi connectivity index (χ3n) is 2.95. The highest BCUT2D eigenvalue weighted by molar-refractivity contribution is 5.96. The van der Waals surface area contributed by atoms with E-state index in [2.05, 4.69) is 42.4 Å². The monoisotopic (exact) mass is 264 g/mol. The summed E-state index contributed by atoms with van der Waals surface area (Å²) >= 11 is 0. The summed E-state index contributed by atoms with van der Waals surface area (Å²) in [6.07, 6.45) is 7.98. The largest absolute Gasteiger partial charge is 0.366 e. The normalized spacial score (nSPS) is 9.45. The summed E-state index contributed by atoms with van der Waals surface area (Å²) in [5, 5.41) is 5.10. The van der Waals surface area contributed by atoms with Gasteiger partial charge in [-0.25, -0.2) is 0 Å². The standard InChI is InChI=1S/2C8H7N.BF/c2*1-2-4-8-6-9-5-7(8)3-1;1-2/h2*1-6,9H;. The van der Waals surface area contributed by atoms with Gasteiger partial charge in [0.1, 0.15) is 0 Å². The summed E-state index contributed by atoms with van der Waals surface area (Å²) in [5.74, 6) is 0. The number of hydrogen-bond donors (Lipinski definition) is 2. The van der Waals surface area contributed by atoms with Crippen molar-refractivity contribution in [2.24, 2.45) is 0 Å². The quantitative estimate of drug-likeness (QED) is 0.442. The first-order chi connectivity index (χ1) is 9.93. The second-order valence-electron chi connectivity index (χ2n) is 4.17. The van der Waals surface area contributed by atoms with Crippen LogP contribution in [0.4, 0.5) is 4.32 Å². The van der Waals surface area contributed by atoms with Gasteiger partial charge in [-0.05, 0) is 21.5 Å². The van der Waals surface area contributed by atoms with Crippen molar-refractivity contribution < 1.29 is 4.32 Å². The molecule has 4 aromatic rings. The Morgan fingerprint density at radius 3 is 1.05 bits per heavy atom. The lowest BCUT2D eigenvalue weighted by Crippen LogP contribution is -1.57. The zero-order valence-corrected chi connectivity index (χ0v) is 10.9. The zero-order chi connectivity index (χ0) is 14.2. The summed E-state index contributed by atoms with van der Waals surface area (Å²) in [5.41, 5.74) is 0. The number of aromatic nitrogens is 2. The highest BCUT2D eigenvalue weighted by Crippen LogP contribution is 2.11. The Kier molecular flexibility index (Phi) is 5.01. The van der Waals surface area contributed by atoms with Gasteiger partial charge >= 0.3 is 8.12 Å². The average Bonchev–Trinajstić information content (AvgIpc) is 3.18. The van der Waals surface area contributed by atoms with Crippen LogP contribution >= 0.6 is 0 Å². The second kappa shape index (κ2) is 7.19. The van der Waals surface area contributed by atoms with Gasteiger partial charge in [-0.3, -0.25) is 0 Å². The molecular formula is C16H14BFN2. The number of aromatic amines is 2. The van der Waals surface area contributed by atoms with E-state index in [1.54, 1.807) is 0 Å². The molecule has 0 saturated heterocycles. The maximum atomic E-state index is 9.00. The van der Waals surface area contributed by atoms with E-state index in [9.17, 15) is 0 Å². The van der Waals surface area contributed by atoms with E-state index in [0.717, 1.165) is 0 Å². The first kappa shape index (κ1) is 13.9. The van der Waals surface area contributed by atoms with Crippen LogP contribution in [-0.4, -0.2) is 18.1 Å². The highest BCUT2D eigenvalue weighted by Gasteiger charge is 1.87. The van der Waals surface area contributed by atoms with Gasteiger partial charge in [-0.1, -0.05) is 48.5 Å². The minimum atomic E-state index is 1.28. The number of halogens is 1. The molecule has 0 bridgehead atoms. The molecule has 0 amide bonds. The van der Waals surface area contributed by atoms with Crippen molar-refractivity contribution in [2.75, 3.05) is 0 Å². The van der Waals surface area contributed by atoms with Crippen LogP contribution in [0, 0.1) is 0 Å². The van der Waals surface area contributed by atoms with Crippen LogP contribution in [0.1, 0.15) is 0 Å². The van der Waals surface area contributed by atoms with E-state index in [1.165, 1.54) is 21.5 Å². The summed E-state index contributed by atoms with van der Waals surface area (Å²) in [4.78, 5) is 6.08. The summed E-state index contributed by atoms with van der Waals surface area (Å²) in [6.45, 7) is 0. The van der Waals surface area contributed by atoms with Gasteiger partial charge in [0.2, 0.25) is 0 Å². The van der Waals surface area contributed by atoms with Crippen LogP contribution in [0.25, 0.3) is 21.5 Å². The molecule has 0 fully saturated rings. The molecule has 0 aliphatic rings. The molecule has 98 valence electrons. The third-order valence-corrected chi connectivity index (χ3v) is 2.95. The lowest BCUT2D eigenvalue weighted by molar-refractivity contribution is 0.902. The van der Waals surface area contributed by atoms with E-state index in [1.807, 2.05) is 49.1 Å². The van der Waals surface area contributed by atoms with Gasteiger partial charge in [-0.15, -0.1) is 0 Å². The minimum absolute atomic E-state index is 1.28. The molecule has 0 unspecified atom stereocenters. The Labute approximate surface area is 118 Å². The van der Waals surface area contributed by atoms with Gasteiger partial charge < -0.3 is 14.3 Å². The van der Waals surface area contributed by atoms with E-state index in [0.29, 0.717) is 0 Å². The highest BCUT2D eigenvalue weighted by atomic mass is 19.1. The van der Waals surface area contributed by atoms with Crippen molar-refractivity contribution in [2.45, 2.75) is 0 Å². The predicted octanol–water partition coefficient (Wildman–Crippen LogP) is 4.38. The maximum Gasteiger partial charge on any atom is 0.350 e. The van der Waals surface area contributed by atoms with Crippen LogP contribution in [-0.2, 0) is 0 Å². The maximum absolute atomic E-state index is 9.00. The van der Waals surface area contributed by atoms with Gasteiger partial charge in [0, 0.05) is 24.8 Å². The van der Waals surface area contributed by atoms with Crippen molar-refractivity contribution in [3.8, 4) is 0 Å². The van der Waals surface area contributed by atoms with E-state index < -0.39 is 0 Å². The fraction of sp³-hybridized carbons (Fsp3) is 0. The smallest absolute Gasteiger partial charge is 0.350 e. The summed E-state index contributed by atoms with van der Waals surface area (Å²) in [6, 6.07) is 16.5. The number of benzene rings is 2. The van der Waals surface area contributed by atoms with E-state index in [-0.39, 0.29) is 0 Å². The Morgan fingerprint density at radius 2 is 0.800 bits per heavy atom. The molecule has 0 atom stereocenters. The molecule has 4 rings (SSSR count). The average molecular weight is 264 g/mol. The fourth-order valence-electron chi connectivity index (χ4n) is 1.99. The van der Waals surface area contributed by atoms with Gasteiger partial charge in [-0.2, -0.15) is 0 Å². The second-order valence-corrected chi connectivity index (χ2v) is 4.17. The molecule has 2 N–H and O–H groups in total. The lowest BCUT2D eigenvalue weighted by Gasteiger charge is -1.81. The van der Waals surface area contributed by atoms with Crippen molar-refractivity contribution in [3.05, 3.63) is 73.3 Å². The zero-order valence-electron chi connectivity index (χ0n) is 10.9. The Balaban J connectivity index is 0.000000131. The molecule has 20 heavy (non-hydrogen) atoms. The van der Waals surface area contributed by atoms with Crippen molar-refractivity contribution >= 4 is 29.7 Å². The topological polar surface area (TPSA) is 31.6 Å². The van der Waals surface area contributed by atoms with Crippen LogP contribution in [0.3, 0.4) is 0 Å². The number of rotatable bonds is 0. The molecule has 4 heteroatoms. The Bertz CT molecular complexity index is 634. The number of fused-ring (bicyclic) bond motifs is 2. The fourth-order valence-corrected chi connectivity index (χ4v) is 1.99. The molecule has 0 spiro atoms. The molecule has 0 aliphatic carbocycles. The first-order valence-electron chi connectivity index (χ1n) is 6.18. The Hall–Kier alpha value is -2.49. The Morgan fingerprint density at radius 1 is 0.550 bits per heavy atom. The molecule has 2 aromatic carbocycles. The molecule has 2 nitrogen and oxygen atoms in total. The number of H-pyrrole nitrogens is 2. The summed E-state index contributed by atoms with van der Waals surface area (Å²) in [7, 11) is 3.00. The third kappa shape index (κ3) is 3.29. The van der Waals surface area contributed by atoms with Gasteiger partial charge in [0.25, 0.3) is 0 Å². The minimum Gasteiger partial charge on any atom is -0.366 e. The van der Waals surface area contributed by atoms with Gasteiger partial charge in [0.05, 0.1) is 0 Å². The van der Waals surface area contributed by atoms with Gasteiger partial charge in [0.15, 0.2) is 0 Å². The lowest BCUT2D eigenvalue weighted by atomic mass is 10.2. The first-order valence-corrected chi connectivity index (χ1v) is 6.18. The van der Waals surface area contributed by atoms with Crippen LogP contribution in [0.2, 0.25) is 0 Å². The van der Waals surface area contributed by atoms with Crippen molar-refractivity contribution in [3.63, 3.8) is 0 Å². The SMILES string of the molecule is [B]F.c1ccc2c[nH]cc2c1.c1ccc2c[nH]cc2c1. The van der Waals surface area contributed by atoms with Crippen molar-refractivity contribution in [1.29, 1.82) is 0 Å². The molecule has 2 aromatic heterocycles. The number of hydrogen-bond acceptors (Lipinski definition) is 0.